The maximum absolute atomic E-state index is 12.4. The summed E-state index contributed by atoms with van der Waals surface area (Å²) >= 11 is 3.30. The molecule has 0 unspecified atom stereocenters. The number of carbonyl (C=O) groups is 2. The monoisotopic (exact) mass is 525 g/mol. The zero-order chi connectivity index (χ0) is 24.0. The van der Waals surface area contributed by atoms with Crippen molar-refractivity contribution in [3.63, 3.8) is 0 Å². The number of carbonyl (C=O) groups excluding carboxylic acids is 2. The fourth-order valence-electron chi connectivity index (χ4n) is 2.63. The van der Waals surface area contributed by atoms with Crippen LogP contribution in [0.25, 0.3) is 6.08 Å². The van der Waals surface area contributed by atoms with Crippen LogP contribution < -0.4 is 15.2 Å². The Hall–Kier alpha value is -3.78. The minimum atomic E-state index is -3.85. The number of amides is 1. The van der Waals surface area contributed by atoms with Gasteiger partial charge in [0.25, 0.3) is 5.91 Å². The zero-order valence-electron chi connectivity index (χ0n) is 16.9. The quantitative estimate of drug-likeness (QED) is 0.216. The van der Waals surface area contributed by atoms with E-state index in [2.05, 4.69) is 21.2 Å². The first-order chi connectivity index (χ1) is 15.7. The van der Waals surface area contributed by atoms with Gasteiger partial charge >= 0.3 is 5.97 Å². The van der Waals surface area contributed by atoms with Crippen LogP contribution >= 0.6 is 15.9 Å². The predicted octanol–water partition coefficient (Wildman–Crippen LogP) is 3.86. The lowest BCUT2D eigenvalue weighted by Gasteiger charge is -2.06. The molecule has 0 saturated heterocycles. The minimum absolute atomic E-state index is 0.0996. The molecule has 3 aromatic rings. The number of benzene rings is 3. The summed E-state index contributed by atoms with van der Waals surface area (Å²) in [6, 6.07) is 20.0. The number of hydrogen-bond acceptors (Lipinski definition) is 6. The van der Waals surface area contributed by atoms with E-state index in [1.54, 1.807) is 48.5 Å². The van der Waals surface area contributed by atoms with Crippen molar-refractivity contribution < 1.29 is 22.7 Å². The number of hydrogen-bond donors (Lipinski definition) is 2. The van der Waals surface area contributed by atoms with Crippen LogP contribution in [0.3, 0.4) is 0 Å². The Morgan fingerprint density at radius 1 is 0.970 bits per heavy atom. The molecule has 8 nitrogen and oxygen atoms in total. The fraction of sp³-hybridized carbons (Fsp3) is 0. The van der Waals surface area contributed by atoms with Gasteiger partial charge in [0.05, 0.1) is 10.5 Å². The van der Waals surface area contributed by atoms with Gasteiger partial charge in [-0.2, -0.15) is 5.26 Å². The molecule has 0 atom stereocenters. The molecule has 0 aliphatic heterocycles. The third-order valence-corrected chi connectivity index (χ3v) is 5.75. The molecule has 0 heterocycles. The molecule has 3 rings (SSSR count). The number of esters is 1. The predicted molar refractivity (Wildman–Crippen MR) is 126 cm³/mol. The zero-order valence-corrected chi connectivity index (χ0v) is 19.3. The van der Waals surface area contributed by atoms with Gasteiger partial charge in [0, 0.05) is 10.2 Å². The number of nitrogens with one attached hydrogen (secondary N) is 1. The molecule has 0 aliphatic rings. The van der Waals surface area contributed by atoms with E-state index in [4.69, 9.17) is 9.88 Å². The molecule has 0 spiro atoms. The van der Waals surface area contributed by atoms with E-state index < -0.39 is 21.9 Å². The molecule has 166 valence electrons. The average Bonchev–Trinajstić information content (AvgIpc) is 2.78. The second-order valence-electron chi connectivity index (χ2n) is 6.66. The van der Waals surface area contributed by atoms with E-state index in [1.165, 1.54) is 30.3 Å². The topological polar surface area (TPSA) is 139 Å². The number of ether oxygens (including phenoxy) is 1. The van der Waals surface area contributed by atoms with Gasteiger partial charge in [0.15, 0.2) is 0 Å². The molecular weight excluding hydrogens is 510 g/mol. The lowest BCUT2D eigenvalue weighted by Crippen LogP contribution is -2.14. The van der Waals surface area contributed by atoms with E-state index in [9.17, 15) is 23.3 Å². The summed E-state index contributed by atoms with van der Waals surface area (Å²) in [7, 11) is -3.85. The lowest BCUT2D eigenvalue weighted by molar-refractivity contribution is -0.112. The van der Waals surface area contributed by atoms with Crippen LogP contribution in [0, 0.1) is 11.3 Å². The molecule has 0 aromatic heterocycles. The van der Waals surface area contributed by atoms with Crippen molar-refractivity contribution in [2.24, 2.45) is 5.14 Å². The van der Waals surface area contributed by atoms with Gasteiger partial charge in [-0.3, -0.25) is 4.79 Å². The normalized spacial score (nSPS) is 11.4. The van der Waals surface area contributed by atoms with Gasteiger partial charge in [0.2, 0.25) is 10.0 Å². The highest BCUT2D eigenvalue weighted by atomic mass is 79.9. The summed E-state index contributed by atoms with van der Waals surface area (Å²) in [4.78, 5) is 24.5. The molecular formula is C23H16BrN3O5S. The van der Waals surface area contributed by atoms with Gasteiger partial charge in [-0.05, 0) is 72.3 Å². The molecule has 0 radical (unpaired) electrons. The number of halogens is 1. The first-order valence-corrected chi connectivity index (χ1v) is 11.6. The van der Waals surface area contributed by atoms with Crippen molar-refractivity contribution in [2.45, 2.75) is 4.90 Å². The fourth-order valence-corrected chi connectivity index (χ4v) is 3.41. The highest BCUT2D eigenvalue weighted by Gasteiger charge is 2.12. The second-order valence-corrected chi connectivity index (χ2v) is 9.14. The third-order valence-electron chi connectivity index (χ3n) is 4.29. The Kier molecular flexibility index (Phi) is 7.40. The van der Waals surface area contributed by atoms with Crippen LogP contribution in [0.4, 0.5) is 5.69 Å². The van der Waals surface area contributed by atoms with Crippen molar-refractivity contribution in [2.75, 3.05) is 5.32 Å². The summed E-state index contributed by atoms with van der Waals surface area (Å²) in [5.41, 5.74) is 1.05. The number of rotatable bonds is 6. The number of nitrogens with zero attached hydrogens (tertiary/aromatic N) is 1. The van der Waals surface area contributed by atoms with Crippen molar-refractivity contribution in [1.82, 2.24) is 0 Å². The Bertz CT molecular complexity index is 1360. The van der Waals surface area contributed by atoms with Crippen LogP contribution in [0.15, 0.2) is 87.7 Å². The Morgan fingerprint density at radius 3 is 2.12 bits per heavy atom. The maximum atomic E-state index is 12.4. The molecule has 3 N–H and O–H groups in total. The number of primary sulfonamides is 1. The first kappa shape index (κ1) is 23.9. The number of nitrogens with two attached hydrogens (primary N) is 1. The van der Waals surface area contributed by atoms with Crippen LogP contribution in [0.5, 0.6) is 5.75 Å². The number of sulfonamides is 1. The second kappa shape index (κ2) is 10.2. The van der Waals surface area contributed by atoms with E-state index in [-0.39, 0.29) is 10.5 Å². The Morgan fingerprint density at radius 2 is 1.58 bits per heavy atom. The maximum Gasteiger partial charge on any atom is 0.343 e. The smallest absolute Gasteiger partial charge is 0.343 e. The van der Waals surface area contributed by atoms with Gasteiger partial charge in [-0.15, -0.1) is 0 Å². The highest BCUT2D eigenvalue weighted by Crippen LogP contribution is 2.18. The van der Waals surface area contributed by atoms with Crippen molar-refractivity contribution in [1.29, 1.82) is 5.26 Å². The summed E-state index contributed by atoms with van der Waals surface area (Å²) in [5, 5.41) is 16.9. The summed E-state index contributed by atoms with van der Waals surface area (Å²) in [6.07, 6.45) is 1.37. The van der Waals surface area contributed by atoms with Gasteiger partial charge < -0.3 is 10.1 Å². The molecule has 0 fully saturated rings. The van der Waals surface area contributed by atoms with Crippen LogP contribution in [0.1, 0.15) is 15.9 Å². The summed E-state index contributed by atoms with van der Waals surface area (Å²) in [6.45, 7) is 0. The molecule has 0 aliphatic carbocycles. The van der Waals surface area contributed by atoms with E-state index >= 15 is 0 Å². The average molecular weight is 526 g/mol. The molecule has 10 heteroatoms. The molecule has 33 heavy (non-hydrogen) atoms. The Labute approximate surface area is 198 Å². The van der Waals surface area contributed by atoms with Gasteiger partial charge in [-0.25, -0.2) is 18.4 Å². The van der Waals surface area contributed by atoms with Crippen LogP contribution in [0.2, 0.25) is 0 Å². The van der Waals surface area contributed by atoms with Crippen molar-refractivity contribution in [3.05, 3.63) is 94.0 Å². The summed E-state index contributed by atoms with van der Waals surface area (Å²) < 4.78 is 28.8. The van der Waals surface area contributed by atoms with E-state index in [1.807, 2.05) is 6.07 Å². The third kappa shape index (κ3) is 6.60. The Balaban J connectivity index is 1.68. The van der Waals surface area contributed by atoms with Gasteiger partial charge in [0.1, 0.15) is 17.4 Å². The molecule has 1 amide bonds. The first-order valence-electron chi connectivity index (χ1n) is 9.29. The molecule has 0 bridgehead atoms. The summed E-state index contributed by atoms with van der Waals surface area (Å²) in [5.74, 6) is -0.888. The molecule has 0 saturated carbocycles. The van der Waals surface area contributed by atoms with Crippen molar-refractivity contribution in [3.8, 4) is 11.8 Å². The lowest BCUT2D eigenvalue weighted by atomic mass is 10.1. The highest BCUT2D eigenvalue weighted by molar-refractivity contribution is 9.10. The SMILES string of the molecule is N#C/C(=C\c1ccc(OC(=O)c2ccc(Br)cc2)cc1)C(=O)Nc1ccc(S(N)(=O)=O)cc1. The standard InChI is InChI=1S/C23H16BrN3O5S/c24-18-5-3-16(4-6-18)23(29)32-20-9-1-15(2-10-20)13-17(14-25)22(28)27-19-7-11-21(12-8-19)33(26,30)31/h1-13H,(H,27,28)(H2,26,30,31)/b17-13+. The minimum Gasteiger partial charge on any atom is -0.423 e. The van der Waals surface area contributed by atoms with Crippen LogP contribution in [-0.4, -0.2) is 20.3 Å². The molecule has 3 aromatic carbocycles. The largest absolute Gasteiger partial charge is 0.423 e. The van der Waals surface area contributed by atoms with E-state index in [0.717, 1.165) is 4.47 Å². The van der Waals surface area contributed by atoms with Crippen LogP contribution in [-0.2, 0) is 14.8 Å². The van der Waals surface area contributed by atoms with Crippen molar-refractivity contribution >= 4 is 49.6 Å². The number of anilines is 1. The van der Waals surface area contributed by atoms with Gasteiger partial charge in [-0.1, -0.05) is 28.1 Å². The van der Waals surface area contributed by atoms with E-state index in [0.29, 0.717) is 22.6 Å². The number of nitriles is 1.